The number of aromatic hydroxyl groups is 1. The van der Waals surface area contributed by atoms with E-state index in [9.17, 15) is 37.5 Å². The number of carbonyl (C=O) groups is 4. The summed E-state index contributed by atoms with van der Waals surface area (Å²) in [5.74, 6) is -22.5. The van der Waals surface area contributed by atoms with Crippen LogP contribution < -0.4 is 14.5 Å². The number of ether oxygens (including phenoxy) is 1. The van der Waals surface area contributed by atoms with Crippen molar-refractivity contribution in [3.05, 3.63) is 101 Å². The molecular weight excluding hydrogens is 710 g/mol. The molecule has 2 heterocycles. The Balaban J connectivity index is 1.44. The van der Waals surface area contributed by atoms with E-state index in [1.165, 1.54) is 31.4 Å². The quantitative estimate of drug-likeness (QED) is 0.0802. The lowest BCUT2D eigenvalue weighted by atomic mass is 9.56. The molecule has 2 aliphatic heterocycles. The lowest BCUT2D eigenvalue weighted by Gasteiger charge is -2.50. The number of hydrogen-bond donors (Lipinski definition) is 1. The van der Waals surface area contributed by atoms with Gasteiger partial charge in [-0.25, -0.2) is 26.9 Å². The van der Waals surface area contributed by atoms with Gasteiger partial charge in [0.1, 0.15) is 5.69 Å². The highest BCUT2D eigenvalue weighted by Crippen LogP contribution is 2.67. The van der Waals surface area contributed by atoms with Crippen LogP contribution in [0.5, 0.6) is 11.5 Å². The van der Waals surface area contributed by atoms with Crippen LogP contribution in [0, 0.1) is 46.8 Å². The number of carbonyl (C=O) groups excluding carboxylic acids is 4. The van der Waals surface area contributed by atoms with Crippen LogP contribution in [-0.4, -0.2) is 45.6 Å². The average molecular weight is 733 g/mol. The number of fused-ring (bicyclic) bond motifs is 4. The second-order valence-corrected chi connectivity index (χ2v) is 13.6. The summed E-state index contributed by atoms with van der Waals surface area (Å²) in [6.07, 6.45) is 2.36. The van der Waals surface area contributed by atoms with E-state index in [2.05, 4.69) is 6.58 Å². The number of methoxy groups -OCH3 is 1. The number of phenols is 1. The molecule has 15 heteroatoms. The summed E-state index contributed by atoms with van der Waals surface area (Å²) in [6.45, 7) is 3.68. The molecular formula is C35H23Cl2F5N2O6. The number of imide groups is 2. The smallest absolute Gasteiger partial charge is 0.258 e. The molecule has 6 atom stereocenters. The second kappa shape index (κ2) is 11.4. The van der Waals surface area contributed by atoms with Crippen LogP contribution >= 0.6 is 23.2 Å². The topological polar surface area (TPSA) is 104 Å². The maximum absolute atomic E-state index is 15.2. The van der Waals surface area contributed by atoms with E-state index >= 15 is 8.78 Å². The third-order valence-corrected chi connectivity index (χ3v) is 11.6. The van der Waals surface area contributed by atoms with E-state index in [0.29, 0.717) is 5.56 Å². The van der Waals surface area contributed by atoms with E-state index in [0.717, 1.165) is 4.90 Å². The van der Waals surface area contributed by atoms with Crippen LogP contribution in [0.1, 0.15) is 29.9 Å². The fourth-order valence-electron chi connectivity index (χ4n) is 7.86. The zero-order valence-electron chi connectivity index (χ0n) is 25.7. The van der Waals surface area contributed by atoms with E-state index in [-0.39, 0.29) is 33.9 Å². The molecule has 258 valence electrons. The zero-order valence-corrected chi connectivity index (χ0v) is 27.2. The van der Waals surface area contributed by atoms with Crippen LogP contribution in [0.3, 0.4) is 0 Å². The van der Waals surface area contributed by atoms with E-state index in [1.54, 1.807) is 30.3 Å². The van der Waals surface area contributed by atoms with Gasteiger partial charge in [-0.15, -0.1) is 23.2 Å². The van der Waals surface area contributed by atoms with Crippen molar-refractivity contribution in [3.63, 3.8) is 0 Å². The number of anilines is 2. The van der Waals surface area contributed by atoms with E-state index in [4.69, 9.17) is 27.9 Å². The number of phenolic OH excluding ortho intramolecular Hbond substituents is 1. The first kappa shape index (κ1) is 33.7. The summed E-state index contributed by atoms with van der Waals surface area (Å²) < 4.78 is 78.5. The number of allylic oxidation sites excluding steroid dienone is 2. The molecule has 0 aromatic heterocycles. The predicted molar refractivity (Wildman–Crippen MR) is 170 cm³/mol. The van der Waals surface area contributed by atoms with Gasteiger partial charge in [0.05, 0.1) is 24.6 Å². The molecule has 3 aromatic rings. The molecule has 2 saturated heterocycles. The number of amides is 4. The molecule has 4 aliphatic rings. The van der Waals surface area contributed by atoms with Gasteiger partial charge < -0.3 is 9.84 Å². The number of alkyl halides is 2. The van der Waals surface area contributed by atoms with Crippen molar-refractivity contribution < 1.29 is 51.0 Å². The molecule has 6 unspecified atom stereocenters. The molecule has 2 aliphatic carbocycles. The van der Waals surface area contributed by atoms with Crippen LogP contribution in [0.4, 0.5) is 33.3 Å². The Morgan fingerprint density at radius 2 is 1.48 bits per heavy atom. The lowest BCUT2D eigenvalue weighted by Crippen LogP contribution is -2.60. The average Bonchev–Trinajstić information content (AvgIpc) is 3.45. The Kier molecular flexibility index (Phi) is 7.68. The van der Waals surface area contributed by atoms with Crippen molar-refractivity contribution in [3.8, 4) is 11.5 Å². The SMILES string of the molecule is C=Cc1ccc(N2C(=O)C3CC=C4C(CC5(Cl)C(=O)N(c6c(F)c(F)c(F)c(F)c6F)C(=O)C5(Cl)C4c4cccc(OC)c4O)C3C2=O)cc1. The first-order valence-electron chi connectivity index (χ1n) is 15.1. The monoisotopic (exact) mass is 732 g/mol. The summed E-state index contributed by atoms with van der Waals surface area (Å²) in [5, 5.41) is 11.3. The first-order chi connectivity index (χ1) is 23.6. The molecule has 7 rings (SSSR count). The molecule has 0 bridgehead atoms. The van der Waals surface area contributed by atoms with Gasteiger partial charge in [0, 0.05) is 11.5 Å². The summed E-state index contributed by atoms with van der Waals surface area (Å²) in [7, 11) is 1.23. The Bertz CT molecular complexity index is 2080. The van der Waals surface area contributed by atoms with Crippen molar-refractivity contribution in [2.75, 3.05) is 16.9 Å². The van der Waals surface area contributed by atoms with Crippen LogP contribution in [0.15, 0.2) is 60.7 Å². The summed E-state index contributed by atoms with van der Waals surface area (Å²) >= 11 is 14.2. The van der Waals surface area contributed by atoms with Crippen molar-refractivity contribution in [1.82, 2.24) is 0 Å². The van der Waals surface area contributed by atoms with Crippen LogP contribution in [-0.2, 0) is 19.2 Å². The maximum Gasteiger partial charge on any atom is 0.258 e. The molecule has 3 aromatic carbocycles. The number of benzene rings is 3. The number of halogens is 7. The highest BCUT2D eigenvalue weighted by atomic mass is 35.5. The van der Waals surface area contributed by atoms with Gasteiger partial charge in [0.2, 0.25) is 17.6 Å². The molecule has 0 spiro atoms. The predicted octanol–water partition coefficient (Wildman–Crippen LogP) is 6.51. The molecule has 4 amide bonds. The number of hydrogen-bond acceptors (Lipinski definition) is 6. The molecule has 1 saturated carbocycles. The fourth-order valence-corrected chi connectivity index (χ4v) is 8.79. The number of para-hydroxylation sites is 1. The van der Waals surface area contributed by atoms with Gasteiger partial charge in [-0.05, 0) is 42.5 Å². The third-order valence-electron chi connectivity index (χ3n) is 10.2. The fraction of sp³-hybridized carbons (Fsp3) is 0.257. The molecule has 8 nitrogen and oxygen atoms in total. The second-order valence-electron chi connectivity index (χ2n) is 12.4. The van der Waals surface area contributed by atoms with Crippen LogP contribution in [0.25, 0.3) is 6.08 Å². The minimum atomic E-state index is -2.78. The summed E-state index contributed by atoms with van der Waals surface area (Å²) in [5.41, 5.74) is -0.904. The van der Waals surface area contributed by atoms with Gasteiger partial charge in [0.15, 0.2) is 44.5 Å². The van der Waals surface area contributed by atoms with Crippen LogP contribution in [0.2, 0.25) is 0 Å². The molecule has 1 N–H and O–H groups in total. The number of nitrogens with zero attached hydrogens (tertiary/aromatic N) is 2. The molecule has 0 radical (unpaired) electrons. The van der Waals surface area contributed by atoms with E-state index in [1.807, 2.05) is 0 Å². The van der Waals surface area contributed by atoms with Crippen molar-refractivity contribution in [2.45, 2.75) is 28.5 Å². The van der Waals surface area contributed by atoms with Crippen molar-refractivity contribution in [1.29, 1.82) is 0 Å². The van der Waals surface area contributed by atoms with E-state index < -0.39 is 104 Å². The zero-order chi connectivity index (χ0) is 36.2. The van der Waals surface area contributed by atoms with Crippen molar-refractivity contribution in [2.24, 2.45) is 17.8 Å². The normalized spacial score (nSPS) is 28.8. The van der Waals surface area contributed by atoms with Gasteiger partial charge in [-0.1, -0.05) is 48.6 Å². The Morgan fingerprint density at radius 1 is 0.860 bits per heavy atom. The highest BCUT2D eigenvalue weighted by Gasteiger charge is 2.77. The largest absolute Gasteiger partial charge is 0.504 e. The maximum atomic E-state index is 15.2. The summed E-state index contributed by atoms with van der Waals surface area (Å²) in [6, 6.07) is 10.5. The molecule has 3 fully saturated rings. The van der Waals surface area contributed by atoms with Crippen molar-refractivity contribution >= 4 is 64.3 Å². The minimum Gasteiger partial charge on any atom is -0.504 e. The highest BCUT2D eigenvalue weighted by molar-refractivity contribution is 6.58. The Labute approximate surface area is 290 Å². The standard InChI is InChI=1S/C35H23Cl2F5N2O6/c1-3-14-7-9-15(10-8-14)43-30(46)17-12-11-16-19(21(17)31(43)47)13-34(36)32(48)44(28-26(41)24(39)23(38)25(40)27(28)42)33(49)35(34,37)22(16)18-5-4-6-20(50-2)29(18)45/h3-11,17,19,21-22,45H,1,12-13H2,2H3. The van der Waals surface area contributed by atoms with Gasteiger partial charge in [-0.2, -0.15) is 0 Å². The van der Waals surface area contributed by atoms with Gasteiger partial charge in [-0.3, -0.25) is 24.1 Å². The Hall–Kier alpha value is -4.75. The first-order valence-corrected chi connectivity index (χ1v) is 15.9. The van der Waals surface area contributed by atoms with Gasteiger partial charge in [0.25, 0.3) is 11.8 Å². The minimum absolute atomic E-state index is 0.0602. The number of rotatable bonds is 5. The summed E-state index contributed by atoms with van der Waals surface area (Å²) in [4.78, 5) is 51.9. The van der Waals surface area contributed by atoms with Gasteiger partial charge >= 0.3 is 0 Å². The molecule has 50 heavy (non-hydrogen) atoms. The third kappa shape index (κ3) is 4.16. The lowest BCUT2D eigenvalue weighted by molar-refractivity contribution is -0.125. The Morgan fingerprint density at radius 3 is 2.08 bits per heavy atom.